The third kappa shape index (κ3) is 4.66. The second-order valence-corrected chi connectivity index (χ2v) is 6.16. The molecule has 0 unspecified atom stereocenters. The molecule has 3 rings (SSSR count). The van der Waals surface area contributed by atoms with Crippen molar-refractivity contribution in [3.63, 3.8) is 0 Å². The predicted molar refractivity (Wildman–Crippen MR) is 100 cm³/mol. The first-order valence-electron chi connectivity index (χ1n) is 8.92. The van der Waals surface area contributed by atoms with Gasteiger partial charge in [-0.05, 0) is 24.6 Å². The van der Waals surface area contributed by atoms with E-state index in [1.165, 1.54) is 0 Å². The fraction of sp³-hybridized carbons (Fsp3) is 0.500. The number of rotatable bonds is 8. The Kier molecular flexibility index (Phi) is 6.70. The van der Waals surface area contributed by atoms with E-state index in [0.29, 0.717) is 19.1 Å². The maximum Gasteiger partial charge on any atom is 0.224 e. The molecule has 4 N–H and O–H groups in total. The summed E-state index contributed by atoms with van der Waals surface area (Å²) in [5.74, 6) is 1.34. The Morgan fingerprint density at radius 1 is 1.31 bits per heavy atom. The number of pyridine rings is 1. The summed E-state index contributed by atoms with van der Waals surface area (Å²) in [4.78, 5) is 13.5. The van der Waals surface area contributed by atoms with Crippen molar-refractivity contribution in [1.82, 2.24) is 20.3 Å². The van der Waals surface area contributed by atoms with E-state index >= 15 is 0 Å². The van der Waals surface area contributed by atoms with Gasteiger partial charge in [0.1, 0.15) is 5.82 Å². The summed E-state index contributed by atoms with van der Waals surface area (Å²) in [5, 5.41) is 19.9. The van der Waals surface area contributed by atoms with Crippen LogP contribution in [0.2, 0.25) is 0 Å². The molecule has 0 fully saturated rings. The Morgan fingerprint density at radius 3 is 2.96 bits per heavy atom. The Morgan fingerprint density at radius 2 is 2.19 bits per heavy atom. The van der Waals surface area contributed by atoms with Gasteiger partial charge in [0.05, 0.1) is 24.9 Å². The van der Waals surface area contributed by atoms with Crippen molar-refractivity contribution < 1.29 is 9.84 Å². The number of aromatic nitrogens is 3. The van der Waals surface area contributed by atoms with E-state index < -0.39 is 0 Å². The van der Waals surface area contributed by atoms with Crippen molar-refractivity contribution in [2.75, 3.05) is 50.6 Å². The van der Waals surface area contributed by atoms with Gasteiger partial charge in [-0.3, -0.25) is 4.98 Å². The zero-order valence-corrected chi connectivity index (χ0v) is 15.0. The molecule has 1 aliphatic rings. The molecule has 8 nitrogen and oxygen atoms in total. The maximum absolute atomic E-state index is 9.86. The van der Waals surface area contributed by atoms with Crippen molar-refractivity contribution in [2.24, 2.45) is 0 Å². The van der Waals surface area contributed by atoms with Crippen molar-refractivity contribution in [3.05, 3.63) is 41.3 Å². The second kappa shape index (κ2) is 9.42. The summed E-state index contributed by atoms with van der Waals surface area (Å²) >= 11 is 0. The summed E-state index contributed by atoms with van der Waals surface area (Å²) in [6.07, 6.45) is 5.18. The summed E-state index contributed by atoms with van der Waals surface area (Å²) < 4.78 is 5.08. The molecule has 0 saturated carbocycles. The second-order valence-electron chi connectivity index (χ2n) is 6.16. The monoisotopic (exact) mass is 358 g/mol. The average Bonchev–Trinajstić information content (AvgIpc) is 2.92. The van der Waals surface area contributed by atoms with Gasteiger partial charge in [0.2, 0.25) is 5.95 Å². The molecule has 1 aliphatic heterocycles. The Balaban J connectivity index is 1.88. The molecule has 0 amide bonds. The van der Waals surface area contributed by atoms with Crippen LogP contribution in [0.4, 0.5) is 11.8 Å². The minimum absolute atomic E-state index is 0.0465. The number of nitrogens with one attached hydrogen (secondary N) is 3. The van der Waals surface area contributed by atoms with E-state index in [0.717, 1.165) is 48.6 Å². The lowest BCUT2D eigenvalue weighted by Gasteiger charge is -2.21. The summed E-state index contributed by atoms with van der Waals surface area (Å²) in [6, 6.07) is 3.53. The van der Waals surface area contributed by atoms with Crippen LogP contribution < -0.4 is 16.0 Å². The van der Waals surface area contributed by atoms with Crippen LogP contribution in [0.5, 0.6) is 0 Å². The number of hydrogen-bond donors (Lipinski definition) is 4. The fourth-order valence-corrected chi connectivity index (χ4v) is 2.99. The molecule has 0 aliphatic carbocycles. The van der Waals surface area contributed by atoms with Crippen molar-refractivity contribution in [3.8, 4) is 0 Å². The van der Waals surface area contributed by atoms with Gasteiger partial charge in [0, 0.05) is 44.6 Å². The summed E-state index contributed by atoms with van der Waals surface area (Å²) in [7, 11) is 1.66. The van der Waals surface area contributed by atoms with Gasteiger partial charge < -0.3 is 25.8 Å². The van der Waals surface area contributed by atoms with Crippen LogP contribution in [0.15, 0.2) is 24.5 Å². The van der Waals surface area contributed by atoms with Crippen molar-refractivity contribution in [2.45, 2.75) is 18.9 Å². The Bertz CT molecular complexity index is 698. The lowest BCUT2D eigenvalue weighted by Crippen LogP contribution is -2.20. The van der Waals surface area contributed by atoms with Crippen LogP contribution in [0.1, 0.15) is 22.9 Å². The normalized spacial score (nSPS) is 15.0. The number of hydrogen-bond acceptors (Lipinski definition) is 8. The number of methoxy groups -OCH3 is 1. The zero-order chi connectivity index (χ0) is 18.2. The summed E-state index contributed by atoms with van der Waals surface area (Å²) in [6.45, 7) is 2.96. The zero-order valence-electron chi connectivity index (χ0n) is 15.0. The Hall–Kier alpha value is -2.29. The number of aliphatic hydroxyl groups is 1. The molecule has 8 heteroatoms. The van der Waals surface area contributed by atoms with Crippen LogP contribution in [0.25, 0.3) is 0 Å². The first-order chi connectivity index (χ1) is 12.8. The molecule has 0 spiro atoms. The molecule has 2 aromatic rings. The number of ether oxygens (including phenoxy) is 1. The standard InChI is InChI=1S/C18H26N6O2/c1-26-10-9-21-18-23-15-5-8-19-7-4-14(15)17(24-18)22-16(12-25)13-3-2-6-20-11-13/h2-3,6,11,16,19,25H,4-5,7-10,12H2,1H3,(H2,21,22,23,24)/t16-/m0/s1. The fourth-order valence-electron chi connectivity index (χ4n) is 2.99. The van der Waals surface area contributed by atoms with Crippen molar-refractivity contribution >= 4 is 11.8 Å². The molecule has 0 aromatic carbocycles. The van der Waals surface area contributed by atoms with Gasteiger partial charge in [0.25, 0.3) is 0 Å². The highest BCUT2D eigenvalue weighted by atomic mass is 16.5. The van der Waals surface area contributed by atoms with Gasteiger partial charge in [-0.1, -0.05) is 6.07 Å². The van der Waals surface area contributed by atoms with Gasteiger partial charge in [-0.25, -0.2) is 4.98 Å². The molecular formula is C18H26N6O2. The first kappa shape index (κ1) is 18.5. The lowest BCUT2D eigenvalue weighted by molar-refractivity contribution is 0.210. The summed E-state index contributed by atoms with van der Waals surface area (Å²) in [5.41, 5.74) is 3.06. The molecule has 1 atom stereocenters. The van der Waals surface area contributed by atoms with Gasteiger partial charge >= 0.3 is 0 Å². The molecule has 2 aromatic heterocycles. The lowest BCUT2D eigenvalue weighted by atomic mass is 10.1. The highest BCUT2D eigenvalue weighted by molar-refractivity contribution is 5.53. The number of anilines is 2. The van der Waals surface area contributed by atoms with Crippen LogP contribution in [0, 0.1) is 0 Å². The highest BCUT2D eigenvalue weighted by Crippen LogP contribution is 2.25. The van der Waals surface area contributed by atoms with Crippen LogP contribution in [-0.2, 0) is 17.6 Å². The smallest absolute Gasteiger partial charge is 0.224 e. The van der Waals surface area contributed by atoms with E-state index in [2.05, 4.69) is 30.9 Å². The molecule has 26 heavy (non-hydrogen) atoms. The highest BCUT2D eigenvalue weighted by Gasteiger charge is 2.19. The largest absolute Gasteiger partial charge is 0.394 e. The van der Waals surface area contributed by atoms with Crippen LogP contribution in [0.3, 0.4) is 0 Å². The van der Waals surface area contributed by atoms with E-state index in [4.69, 9.17) is 4.74 Å². The quantitative estimate of drug-likeness (QED) is 0.513. The molecule has 0 radical (unpaired) electrons. The SMILES string of the molecule is COCCNc1nc2c(c(N[C@@H](CO)c3cccnc3)n1)CCNCC2. The van der Waals surface area contributed by atoms with Crippen LogP contribution >= 0.6 is 0 Å². The third-order valence-electron chi connectivity index (χ3n) is 4.35. The number of nitrogens with zero attached hydrogens (tertiary/aromatic N) is 3. The minimum atomic E-state index is -0.272. The van der Waals surface area contributed by atoms with Gasteiger partial charge in [-0.15, -0.1) is 0 Å². The van der Waals surface area contributed by atoms with Gasteiger partial charge in [0.15, 0.2) is 0 Å². The van der Waals surface area contributed by atoms with E-state index in [-0.39, 0.29) is 12.6 Å². The Labute approximate surface area is 153 Å². The maximum atomic E-state index is 9.86. The minimum Gasteiger partial charge on any atom is -0.394 e. The predicted octanol–water partition coefficient (Wildman–Crippen LogP) is 0.764. The van der Waals surface area contributed by atoms with Crippen molar-refractivity contribution in [1.29, 1.82) is 0 Å². The average molecular weight is 358 g/mol. The first-order valence-corrected chi connectivity index (χ1v) is 8.92. The van der Waals surface area contributed by atoms with Crippen LogP contribution in [-0.4, -0.2) is 60.0 Å². The van der Waals surface area contributed by atoms with E-state index in [1.807, 2.05) is 12.1 Å². The molecule has 0 bridgehead atoms. The number of fused-ring (bicyclic) bond motifs is 1. The number of aliphatic hydroxyl groups excluding tert-OH is 1. The van der Waals surface area contributed by atoms with E-state index in [9.17, 15) is 5.11 Å². The third-order valence-corrected chi connectivity index (χ3v) is 4.35. The molecule has 0 saturated heterocycles. The molecular weight excluding hydrogens is 332 g/mol. The topological polar surface area (TPSA) is 104 Å². The molecule has 140 valence electrons. The molecule has 3 heterocycles. The van der Waals surface area contributed by atoms with E-state index in [1.54, 1.807) is 19.5 Å². The van der Waals surface area contributed by atoms with Gasteiger partial charge in [-0.2, -0.15) is 4.98 Å².